The van der Waals surface area contributed by atoms with E-state index in [9.17, 15) is 4.79 Å². The number of hydrogen-bond donors (Lipinski definition) is 1. The van der Waals surface area contributed by atoms with Gasteiger partial charge in [0.15, 0.2) is 0 Å². The zero-order valence-corrected chi connectivity index (χ0v) is 9.59. The van der Waals surface area contributed by atoms with Gasteiger partial charge in [0.2, 0.25) is 0 Å². The zero-order valence-electron chi connectivity index (χ0n) is 8.77. The molecule has 0 aliphatic heterocycles. The van der Waals surface area contributed by atoms with Crippen LogP contribution in [0.4, 0.5) is 0 Å². The lowest BCUT2D eigenvalue weighted by atomic mass is 10.3. The molecule has 0 fully saturated rings. The van der Waals surface area contributed by atoms with E-state index >= 15 is 0 Å². The third-order valence-corrected chi connectivity index (χ3v) is 3.15. The van der Waals surface area contributed by atoms with E-state index in [2.05, 4.69) is 11.9 Å². The van der Waals surface area contributed by atoms with Crippen molar-refractivity contribution in [3.05, 3.63) is 24.0 Å². The second kappa shape index (κ2) is 6.45. The summed E-state index contributed by atoms with van der Waals surface area (Å²) >= 11 is 1.57. The predicted octanol–water partition coefficient (Wildman–Crippen LogP) is 3.06. The number of aromatic nitrogens is 1. The molecule has 0 saturated carbocycles. The molecular weight excluding hydrogens is 210 g/mol. The predicted molar refractivity (Wildman–Crippen MR) is 61.4 cm³/mol. The van der Waals surface area contributed by atoms with Crippen molar-refractivity contribution in [3.8, 4) is 0 Å². The van der Waals surface area contributed by atoms with E-state index in [0.717, 1.165) is 17.1 Å². The molecule has 1 aromatic heterocycles. The first-order valence-corrected chi connectivity index (χ1v) is 6.04. The Hall–Kier alpha value is -1.03. The van der Waals surface area contributed by atoms with E-state index in [0.29, 0.717) is 5.56 Å². The molecule has 3 nitrogen and oxygen atoms in total. The van der Waals surface area contributed by atoms with Crippen LogP contribution in [0.1, 0.15) is 36.5 Å². The molecule has 0 unspecified atom stereocenters. The molecule has 0 aromatic carbocycles. The van der Waals surface area contributed by atoms with Gasteiger partial charge in [0.05, 0.1) is 5.56 Å². The van der Waals surface area contributed by atoms with Crippen molar-refractivity contribution in [1.29, 1.82) is 0 Å². The van der Waals surface area contributed by atoms with E-state index < -0.39 is 5.97 Å². The molecule has 1 N–H and O–H groups in total. The van der Waals surface area contributed by atoms with Crippen molar-refractivity contribution >= 4 is 17.7 Å². The third kappa shape index (κ3) is 3.91. The topological polar surface area (TPSA) is 50.2 Å². The number of thioether (sulfide) groups is 1. The number of pyridine rings is 1. The summed E-state index contributed by atoms with van der Waals surface area (Å²) in [6.45, 7) is 2.15. The number of carboxylic acids is 1. The van der Waals surface area contributed by atoms with Gasteiger partial charge in [0.1, 0.15) is 0 Å². The van der Waals surface area contributed by atoms with Crippen LogP contribution < -0.4 is 0 Å². The van der Waals surface area contributed by atoms with Crippen molar-refractivity contribution in [2.45, 2.75) is 31.1 Å². The van der Waals surface area contributed by atoms with Crippen LogP contribution in [0.15, 0.2) is 23.4 Å². The number of nitrogens with zero attached hydrogens (tertiary/aromatic N) is 1. The summed E-state index contributed by atoms with van der Waals surface area (Å²) in [7, 11) is 0. The summed E-state index contributed by atoms with van der Waals surface area (Å²) < 4.78 is 0. The Morgan fingerprint density at radius 1 is 1.53 bits per heavy atom. The SMILES string of the molecule is CCCCCSc1cnccc1C(=O)O. The van der Waals surface area contributed by atoms with E-state index in [1.807, 2.05) is 0 Å². The van der Waals surface area contributed by atoms with Crippen molar-refractivity contribution in [2.75, 3.05) is 5.75 Å². The Labute approximate surface area is 93.9 Å². The third-order valence-electron chi connectivity index (χ3n) is 2.02. The number of hydrogen-bond acceptors (Lipinski definition) is 3. The van der Waals surface area contributed by atoms with Gasteiger partial charge >= 0.3 is 5.97 Å². The smallest absolute Gasteiger partial charge is 0.336 e. The minimum absolute atomic E-state index is 0.353. The number of unbranched alkanes of at least 4 members (excludes halogenated alkanes) is 2. The summed E-state index contributed by atoms with van der Waals surface area (Å²) in [6, 6.07) is 1.55. The van der Waals surface area contributed by atoms with E-state index in [1.165, 1.54) is 19.0 Å². The quantitative estimate of drug-likeness (QED) is 0.597. The highest BCUT2D eigenvalue weighted by Gasteiger charge is 2.09. The van der Waals surface area contributed by atoms with Gasteiger partial charge in [-0.3, -0.25) is 4.98 Å². The monoisotopic (exact) mass is 225 g/mol. The Morgan fingerprint density at radius 2 is 2.33 bits per heavy atom. The summed E-state index contributed by atoms with van der Waals surface area (Å²) in [5.74, 6) is 0.0789. The minimum atomic E-state index is -0.879. The van der Waals surface area contributed by atoms with Crippen LogP contribution in [0.5, 0.6) is 0 Å². The molecule has 0 saturated heterocycles. The Morgan fingerprint density at radius 3 is 3.00 bits per heavy atom. The zero-order chi connectivity index (χ0) is 11.1. The fraction of sp³-hybridized carbons (Fsp3) is 0.455. The van der Waals surface area contributed by atoms with Crippen LogP contribution in [0.2, 0.25) is 0 Å². The van der Waals surface area contributed by atoms with Crippen LogP contribution in [-0.2, 0) is 0 Å². The first-order chi connectivity index (χ1) is 7.25. The number of carboxylic acid groups (broad SMARTS) is 1. The molecule has 15 heavy (non-hydrogen) atoms. The van der Waals surface area contributed by atoms with E-state index in [1.54, 1.807) is 24.0 Å². The Balaban J connectivity index is 2.56. The molecule has 0 aliphatic carbocycles. The lowest BCUT2D eigenvalue weighted by molar-refractivity contribution is 0.0693. The van der Waals surface area contributed by atoms with Gasteiger partial charge in [-0.05, 0) is 18.2 Å². The number of aromatic carboxylic acids is 1. The maximum absolute atomic E-state index is 10.9. The average molecular weight is 225 g/mol. The second-order valence-electron chi connectivity index (χ2n) is 3.23. The lowest BCUT2D eigenvalue weighted by Gasteiger charge is -2.03. The molecular formula is C11H15NO2S. The molecule has 0 spiro atoms. The largest absolute Gasteiger partial charge is 0.478 e. The fourth-order valence-corrected chi connectivity index (χ4v) is 2.22. The van der Waals surface area contributed by atoms with E-state index in [4.69, 9.17) is 5.11 Å². The van der Waals surface area contributed by atoms with Gasteiger partial charge in [0, 0.05) is 17.3 Å². The van der Waals surface area contributed by atoms with Gasteiger partial charge in [-0.2, -0.15) is 0 Å². The van der Waals surface area contributed by atoms with Crippen LogP contribution in [0, 0.1) is 0 Å². The summed E-state index contributed by atoms with van der Waals surface area (Å²) in [4.78, 5) is 15.6. The molecule has 82 valence electrons. The average Bonchev–Trinajstić information content (AvgIpc) is 2.25. The number of carbonyl (C=O) groups is 1. The number of rotatable bonds is 6. The minimum Gasteiger partial charge on any atom is -0.478 e. The fourth-order valence-electron chi connectivity index (χ4n) is 1.21. The van der Waals surface area contributed by atoms with Gasteiger partial charge in [-0.25, -0.2) is 4.79 Å². The van der Waals surface area contributed by atoms with Gasteiger partial charge in [0.25, 0.3) is 0 Å². The van der Waals surface area contributed by atoms with Crippen LogP contribution in [0.25, 0.3) is 0 Å². The molecule has 0 aliphatic rings. The molecule has 0 bridgehead atoms. The standard InChI is InChI=1S/C11H15NO2S/c1-2-3-4-7-15-10-8-12-6-5-9(10)11(13)14/h5-6,8H,2-4,7H2,1H3,(H,13,14). The lowest BCUT2D eigenvalue weighted by Crippen LogP contribution is -1.99. The Bertz CT molecular complexity index is 328. The van der Waals surface area contributed by atoms with Crippen LogP contribution >= 0.6 is 11.8 Å². The van der Waals surface area contributed by atoms with Gasteiger partial charge in [-0.15, -0.1) is 11.8 Å². The van der Waals surface area contributed by atoms with Crippen molar-refractivity contribution < 1.29 is 9.90 Å². The molecule has 0 radical (unpaired) electrons. The van der Waals surface area contributed by atoms with Crippen LogP contribution in [-0.4, -0.2) is 21.8 Å². The highest BCUT2D eigenvalue weighted by molar-refractivity contribution is 7.99. The Kier molecular flexibility index (Phi) is 5.18. The van der Waals surface area contributed by atoms with Gasteiger partial charge < -0.3 is 5.11 Å². The van der Waals surface area contributed by atoms with Crippen LogP contribution in [0.3, 0.4) is 0 Å². The summed E-state index contributed by atoms with van der Waals surface area (Å²) in [5.41, 5.74) is 0.353. The molecule has 4 heteroatoms. The first-order valence-electron chi connectivity index (χ1n) is 5.05. The highest BCUT2D eigenvalue weighted by atomic mass is 32.2. The van der Waals surface area contributed by atoms with Gasteiger partial charge in [-0.1, -0.05) is 19.8 Å². The molecule has 1 aromatic rings. The highest BCUT2D eigenvalue weighted by Crippen LogP contribution is 2.22. The second-order valence-corrected chi connectivity index (χ2v) is 4.37. The van der Waals surface area contributed by atoms with Crippen molar-refractivity contribution in [2.24, 2.45) is 0 Å². The molecule has 1 rings (SSSR count). The van der Waals surface area contributed by atoms with Crippen molar-refractivity contribution in [1.82, 2.24) is 4.98 Å². The normalized spacial score (nSPS) is 10.2. The summed E-state index contributed by atoms with van der Waals surface area (Å²) in [5, 5.41) is 8.93. The molecule has 0 amide bonds. The maximum Gasteiger partial charge on any atom is 0.336 e. The molecule has 0 atom stereocenters. The maximum atomic E-state index is 10.9. The van der Waals surface area contributed by atoms with Crippen molar-refractivity contribution in [3.63, 3.8) is 0 Å². The van der Waals surface area contributed by atoms with E-state index in [-0.39, 0.29) is 0 Å². The summed E-state index contributed by atoms with van der Waals surface area (Å²) in [6.07, 6.45) is 6.63. The molecule has 1 heterocycles. The first kappa shape index (κ1) is 12.0.